The van der Waals surface area contributed by atoms with E-state index in [1.54, 1.807) is 18.2 Å². The molecule has 0 spiro atoms. The number of halogens is 2. The van der Waals surface area contributed by atoms with E-state index >= 15 is 0 Å². The third-order valence-corrected chi connectivity index (χ3v) is 3.73. The van der Waals surface area contributed by atoms with Crippen molar-refractivity contribution in [2.75, 3.05) is 11.9 Å². The van der Waals surface area contributed by atoms with Crippen molar-refractivity contribution < 1.29 is 9.53 Å². The molecule has 0 aliphatic rings. The molecule has 0 aliphatic heterocycles. The lowest BCUT2D eigenvalue weighted by Crippen LogP contribution is -2.12. The number of rotatable bonds is 7. The molecule has 3 nitrogen and oxygen atoms in total. The minimum absolute atomic E-state index is 0.0896. The first-order valence-electron chi connectivity index (χ1n) is 7.54. The fourth-order valence-corrected chi connectivity index (χ4v) is 2.62. The second kappa shape index (κ2) is 8.80. The molecule has 0 aliphatic carbocycles. The summed E-state index contributed by atoms with van der Waals surface area (Å²) in [5.74, 6) is 0.734. The summed E-state index contributed by atoms with van der Waals surface area (Å²) in [5, 5.41) is 3.76. The first kappa shape index (κ1) is 17.6. The van der Waals surface area contributed by atoms with E-state index in [1.165, 1.54) is 5.56 Å². The number of ether oxygens (including phenoxy) is 1. The second-order valence-corrected chi connectivity index (χ2v) is 6.03. The van der Waals surface area contributed by atoms with Gasteiger partial charge in [-0.25, -0.2) is 0 Å². The molecule has 0 fully saturated rings. The second-order valence-electron chi connectivity index (χ2n) is 5.16. The minimum atomic E-state index is -0.0896. The summed E-state index contributed by atoms with van der Waals surface area (Å²) in [6.07, 6.45) is 2.01. The molecule has 122 valence electrons. The monoisotopic (exact) mass is 351 g/mol. The Bertz CT molecular complexity index is 636. The summed E-state index contributed by atoms with van der Waals surface area (Å²) < 4.78 is 5.62. The van der Waals surface area contributed by atoms with Gasteiger partial charge in [-0.05, 0) is 48.7 Å². The van der Waals surface area contributed by atoms with Crippen LogP contribution in [0.5, 0.6) is 5.75 Å². The molecule has 0 unspecified atom stereocenters. The molecule has 0 saturated carbocycles. The number of hydrogen-bond donors (Lipinski definition) is 1. The van der Waals surface area contributed by atoms with E-state index in [4.69, 9.17) is 27.9 Å². The molecule has 0 bridgehead atoms. The van der Waals surface area contributed by atoms with Gasteiger partial charge in [-0.3, -0.25) is 4.79 Å². The number of aryl methyl sites for hydroxylation is 1. The van der Waals surface area contributed by atoms with Gasteiger partial charge in [0.15, 0.2) is 0 Å². The summed E-state index contributed by atoms with van der Waals surface area (Å²) in [4.78, 5) is 11.9. The highest BCUT2D eigenvalue weighted by Crippen LogP contribution is 2.22. The third kappa shape index (κ3) is 6.12. The summed E-state index contributed by atoms with van der Waals surface area (Å²) >= 11 is 11.8. The van der Waals surface area contributed by atoms with E-state index in [-0.39, 0.29) is 5.91 Å². The molecule has 2 aromatic rings. The van der Waals surface area contributed by atoms with Gasteiger partial charge in [0.05, 0.1) is 6.61 Å². The molecular weight excluding hydrogens is 333 g/mol. The van der Waals surface area contributed by atoms with Crippen LogP contribution in [0, 0.1) is 0 Å². The van der Waals surface area contributed by atoms with E-state index in [0.29, 0.717) is 35.2 Å². The lowest BCUT2D eigenvalue weighted by molar-refractivity contribution is -0.116. The molecule has 1 amide bonds. The van der Waals surface area contributed by atoms with Crippen LogP contribution in [0.25, 0.3) is 0 Å². The van der Waals surface area contributed by atoms with Crippen molar-refractivity contribution in [3.63, 3.8) is 0 Å². The first-order chi connectivity index (χ1) is 11.1. The van der Waals surface area contributed by atoms with Crippen LogP contribution in [-0.2, 0) is 11.2 Å². The van der Waals surface area contributed by atoms with Gasteiger partial charge < -0.3 is 10.1 Å². The average Bonchev–Trinajstić information content (AvgIpc) is 2.51. The van der Waals surface area contributed by atoms with Crippen molar-refractivity contribution in [2.45, 2.75) is 26.2 Å². The molecule has 2 aromatic carbocycles. The zero-order valence-electron chi connectivity index (χ0n) is 12.9. The zero-order valence-corrected chi connectivity index (χ0v) is 14.5. The Morgan fingerprint density at radius 3 is 2.35 bits per heavy atom. The maximum absolute atomic E-state index is 11.9. The maximum atomic E-state index is 11.9. The molecule has 0 aromatic heterocycles. The van der Waals surface area contributed by atoms with Crippen LogP contribution in [0.4, 0.5) is 5.69 Å². The lowest BCUT2D eigenvalue weighted by atomic mass is 10.2. The standard InChI is InChI=1S/C18H19Cl2NO2/c1-2-13-5-7-17(8-6-13)23-9-3-4-18(22)21-16-11-14(19)10-15(20)12-16/h5-8,10-12H,2-4,9H2,1H3,(H,21,22). The molecule has 5 heteroatoms. The Hall–Kier alpha value is -1.71. The van der Waals surface area contributed by atoms with Crippen molar-refractivity contribution in [3.8, 4) is 5.75 Å². The molecular formula is C18H19Cl2NO2. The number of carbonyl (C=O) groups is 1. The van der Waals surface area contributed by atoms with Gasteiger partial charge in [0, 0.05) is 22.2 Å². The fourth-order valence-electron chi connectivity index (χ4n) is 2.09. The first-order valence-corrected chi connectivity index (χ1v) is 8.30. The fraction of sp³-hybridized carbons (Fsp3) is 0.278. The van der Waals surface area contributed by atoms with Gasteiger partial charge >= 0.3 is 0 Å². The van der Waals surface area contributed by atoms with E-state index in [9.17, 15) is 4.79 Å². The van der Waals surface area contributed by atoms with Crippen molar-refractivity contribution in [3.05, 3.63) is 58.1 Å². The molecule has 2 rings (SSSR count). The highest BCUT2D eigenvalue weighted by Gasteiger charge is 2.05. The third-order valence-electron chi connectivity index (χ3n) is 3.29. The van der Waals surface area contributed by atoms with Gasteiger partial charge in [0.25, 0.3) is 0 Å². The molecule has 0 heterocycles. The lowest BCUT2D eigenvalue weighted by Gasteiger charge is -2.08. The van der Waals surface area contributed by atoms with Crippen molar-refractivity contribution in [2.24, 2.45) is 0 Å². The van der Waals surface area contributed by atoms with E-state index in [2.05, 4.69) is 12.2 Å². The molecule has 0 saturated heterocycles. The Morgan fingerprint density at radius 1 is 1.09 bits per heavy atom. The Balaban J connectivity index is 1.71. The molecule has 23 heavy (non-hydrogen) atoms. The van der Waals surface area contributed by atoms with Gasteiger partial charge in [0.2, 0.25) is 5.91 Å². The topological polar surface area (TPSA) is 38.3 Å². The number of carbonyl (C=O) groups excluding carboxylic acids is 1. The van der Waals surface area contributed by atoms with Crippen LogP contribution in [0.1, 0.15) is 25.3 Å². The molecule has 1 N–H and O–H groups in total. The number of nitrogens with one attached hydrogen (secondary N) is 1. The van der Waals surface area contributed by atoms with Crippen LogP contribution < -0.4 is 10.1 Å². The summed E-state index contributed by atoms with van der Waals surface area (Å²) in [6, 6.07) is 12.9. The predicted octanol–water partition coefficient (Wildman–Crippen LogP) is 5.35. The summed E-state index contributed by atoms with van der Waals surface area (Å²) in [5.41, 5.74) is 1.88. The van der Waals surface area contributed by atoms with Crippen LogP contribution in [0.2, 0.25) is 10.0 Å². The van der Waals surface area contributed by atoms with Gasteiger partial charge in [-0.15, -0.1) is 0 Å². The van der Waals surface area contributed by atoms with Crippen LogP contribution in [0.3, 0.4) is 0 Å². The quantitative estimate of drug-likeness (QED) is 0.682. The Labute approximate surface area is 146 Å². The van der Waals surface area contributed by atoms with Gasteiger partial charge in [-0.1, -0.05) is 42.3 Å². The highest BCUT2D eigenvalue weighted by atomic mass is 35.5. The molecule has 0 radical (unpaired) electrons. The number of benzene rings is 2. The zero-order chi connectivity index (χ0) is 16.7. The van der Waals surface area contributed by atoms with Crippen LogP contribution in [-0.4, -0.2) is 12.5 Å². The Morgan fingerprint density at radius 2 is 1.74 bits per heavy atom. The van der Waals surface area contributed by atoms with E-state index in [0.717, 1.165) is 12.2 Å². The molecule has 0 atom stereocenters. The smallest absolute Gasteiger partial charge is 0.224 e. The van der Waals surface area contributed by atoms with Crippen molar-refractivity contribution in [1.29, 1.82) is 0 Å². The summed E-state index contributed by atoms with van der Waals surface area (Å²) in [6.45, 7) is 2.61. The maximum Gasteiger partial charge on any atom is 0.224 e. The minimum Gasteiger partial charge on any atom is -0.494 e. The van der Waals surface area contributed by atoms with E-state index < -0.39 is 0 Å². The summed E-state index contributed by atoms with van der Waals surface area (Å²) in [7, 11) is 0. The largest absolute Gasteiger partial charge is 0.494 e. The van der Waals surface area contributed by atoms with Crippen LogP contribution >= 0.6 is 23.2 Å². The SMILES string of the molecule is CCc1ccc(OCCCC(=O)Nc2cc(Cl)cc(Cl)c2)cc1. The normalized spacial score (nSPS) is 10.4. The number of anilines is 1. The average molecular weight is 352 g/mol. The highest BCUT2D eigenvalue weighted by molar-refractivity contribution is 6.35. The van der Waals surface area contributed by atoms with Crippen molar-refractivity contribution in [1.82, 2.24) is 0 Å². The van der Waals surface area contributed by atoms with Gasteiger partial charge in [0.1, 0.15) is 5.75 Å². The van der Waals surface area contributed by atoms with E-state index in [1.807, 2.05) is 24.3 Å². The number of amides is 1. The van der Waals surface area contributed by atoms with Gasteiger partial charge in [-0.2, -0.15) is 0 Å². The van der Waals surface area contributed by atoms with Crippen molar-refractivity contribution >= 4 is 34.8 Å². The van der Waals surface area contributed by atoms with Crippen LogP contribution in [0.15, 0.2) is 42.5 Å². The predicted molar refractivity (Wildman–Crippen MR) is 95.6 cm³/mol. The Kier molecular flexibility index (Phi) is 6.75. The number of hydrogen-bond acceptors (Lipinski definition) is 2.